The van der Waals surface area contributed by atoms with Crippen molar-refractivity contribution >= 4 is 11.6 Å². The summed E-state index contributed by atoms with van der Waals surface area (Å²) in [4.78, 5) is 20.2. The average molecular weight is 274 g/mol. The van der Waals surface area contributed by atoms with Crippen LogP contribution in [0, 0.1) is 6.92 Å². The fraction of sp³-hybridized carbons (Fsp3) is 0.385. The van der Waals surface area contributed by atoms with Crippen LogP contribution < -0.4 is 11.1 Å². The molecule has 2 rings (SSSR count). The van der Waals surface area contributed by atoms with E-state index in [1.165, 1.54) is 0 Å². The second-order valence-electron chi connectivity index (χ2n) is 4.49. The molecule has 106 valence electrons. The van der Waals surface area contributed by atoms with Gasteiger partial charge in [-0.1, -0.05) is 13.3 Å². The molecule has 0 unspecified atom stereocenters. The quantitative estimate of drug-likeness (QED) is 0.752. The second kappa shape index (κ2) is 6.14. The highest BCUT2D eigenvalue weighted by Crippen LogP contribution is 2.15. The zero-order valence-electron chi connectivity index (χ0n) is 11.6. The van der Waals surface area contributed by atoms with Crippen LogP contribution in [0.3, 0.4) is 0 Å². The molecule has 0 aromatic carbocycles. The highest BCUT2D eigenvalue weighted by Gasteiger charge is 2.16. The Bertz CT molecular complexity index is 607. The lowest BCUT2D eigenvalue weighted by atomic mass is 10.2. The molecule has 2 aromatic heterocycles. The van der Waals surface area contributed by atoms with Crippen LogP contribution in [-0.4, -0.2) is 26.1 Å². The molecule has 4 N–H and O–H groups in total. The van der Waals surface area contributed by atoms with Gasteiger partial charge in [-0.15, -0.1) is 0 Å². The highest BCUT2D eigenvalue weighted by atomic mass is 16.1. The monoisotopic (exact) mass is 274 g/mol. The Kier molecular flexibility index (Phi) is 4.29. The van der Waals surface area contributed by atoms with Gasteiger partial charge in [0.15, 0.2) is 5.69 Å². The summed E-state index contributed by atoms with van der Waals surface area (Å²) in [5, 5.41) is 9.52. The van der Waals surface area contributed by atoms with Crippen molar-refractivity contribution in [2.75, 3.05) is 5.73 Å². The largest absolute Gasteiger partial charge is 0.395 e. The fourth-order valence-electron chi connectivity index (χ4n) is 1.86. The molecule has 0 fully saturated rings. The standard InChI is InChI=1S/C13H18N6O/c1-3-4-10-11(14)12(19-18-10)13(20)16-7-9-5-6-15-8(2)17-9/h5-6H,3-4,7,14H2,1-2H3,(H,16,20)(H,18,19). The highest BCUT2D eigenvalue weighted by molar-refractivity contribution is 5.97. The van der Waals surface area contributed by atoms with Crippen molar-refractivity contribution in [2.24, 2.45) is 0 Å². The molecular formula is C13H18N6O. The third kappa shape index (κ3) is 3.11. The summed E-state index contributed by atoms with van der Waals surface area (Å²) in [5.74, 6) is 0.360. The smallest absolute Gasteiger partial charge is 0.274 e. The topological polar surface area (TPSA) is 110 Å². The van der Waals surface area contributed by atoms with Gasteiger partial charge in [-0.05, 0) is 19.4 Å². The number of rotatable bonds is 5. The van der Waals surface area contributed by atoms with Crippen LogP contribution in [0.1, 0.15) is 41.0 Å². The number of aromatic amines is 1. The van der Waals surface area contributed by atoms with Crippen molar-refractivity contribution in [3.8, 4) is 0 Å². The molecule has 0 saturated heterocycles. The van der Waals surface area contributed by atoms with E-state index in [9.17, 15) is 4.79 Å². The van der Waals surface area contributed by atoms with Crippen LogP contribution >= 0.6 is 0 Å². The molecule has 2 aromatic rings. The van der Waals surface area contributed by atoms with Crippen LogP contribution in [0.5, 0.6) is 0 Å². The summed E-state index contributed by atoms with van der Waals surface area (Å²) in [6.07, 6.45) is 3.37. The number of hydrogen-bond donors (Lipinski definition) is 3. The predicted octanol–water partition coefficient (Wildman–Crippen LogP) is 0.973. The van der Waals surface area contributed by atoms with Gasteiger partial charge in [0.25, 0.3) is 5.91 Å². The van der Waals surface area contributed by atoms with E-state index in [0.29, 0.717) is 18.1 Å². The van der Waals surface area contributed by atoms with E-state index in [1.807, 2.05) is 6.92 Å². The lowest BCUT2D eigenvalue weighted by molar-refractivity contribution is 0.0946. The lowest BCUT2D eigenvalue weighted by Gasteiger charge is -2.04. The Morgan fingerprint density at radius 2 is 2.30 bits per heavy atom. The summed E-state index contributed by atoms with van der Waals surface area (Å²) in [6, 6.07) is 1.75. The minimum absolute atomic E-state index is 0.235. The second-order valence-corrected chi connectivity index (χ2v) is 4.49. The number of nitrogens with one attached hydrogen (secondary N) is 2. The first kappa shape index (κ1) is 14.0. The Hall–Kier alpha value is -2.44. The van der Waals surface area contributed by atoms with Gasteiger partial charge in [0, 0.05) is 6.20 Å². The van der Waals surface area contributed by atoms with E-state index in [1.54, 1.807) is 19.2 Å². The number of carbonyl (C=O) groups excluding carboxylic acids is 1. The molecule has 2 heterocycles. The maximum Gasteiger partial charge on any atom is 0.274 e. The van der Waals surface area contributed by atoms with Crippen molar-refractivity contribution < 1.29 is 4.79 Å². The SMILES string of the molecule is CCCc1[nH]nc(C(=O)NCc2ccnc(C)n2)c1N. The van der Waals surface area contributed by atoms with E-state index in [2.05, 4.69) is 25.5 Å². The van der Waals surface area contributed by atoms with Crippen molar-refractivity contribution in [1.82, 2.24) is 25.5 Å². The normalized spacial score (nSPS) is 10.5. The molecule has 20 heavy (non-hydrogen) atoms. The molecule has 7 heteroatoms. The summed E-state index contributed by atoms with van der Waals surface area (Å²) in [5.41, 5.74) is 8.10. The van der Waals surface area contributed by atoms with E-state index in [-0.39, 0.29) is 11.6 Å². The number of carbonyl (C=O) groups is 1. The summed E-state index contributed by atoms with van der Waals surface area (Å²) < 4.78 is 0. The molecule has 0 spiro atoms. The lowest BCUT2D eigenvalue weighted by Crippen LogP contribution is -2.24. The predicted molar refractivity (Wildman–Crippen MR) is 74.9 cm³/mol. The molecule has 0 bridgehead atoms. The molecule has 0 aliphatic rings. The van der Waals surface area contributed by atoms with Crippen molar-refractivity contribution in [3.63, 3.8) is 0 Å². The number of hydrogen-bond acceptors (Lipinski definition) is 5. The van der Waals surface area contributed by atoms with Gasteiger partial charge in [-0.25, -0.2) is 9.97 Å². The van der Waals surface area contributed by atoms with Crippen LogP contribution in [0.15, 0.2) is 12.3 Å². The van der Waals surface area contributed by atoms with Gasteiger partial charge in [-0.2, -0.15) is 5.10 Å². The molecule has 0 aliphatic heterocycles. The number of aryl methyl sites for hydroxylation is 2. The van der Waals surface area contributed by atoms with Crippen LogP contribution in [-0.2, 0) is 13.0 Å². The van der Waals surface area contributed by atoms with Gasteiger partial charge in [0.2, 0.25) is 0 Å². The minimum atomic E-state index is -0.308. The molecule has 0 saturated carbocycles. The third-order valence-electron chi connectivity index (χ3n) is 2.86. The van der Waals surface area contributed by atoms with E-state index in [4.69, 9.17) is 5.73 Å². The van der Waals surface area contributed by atoms with Crippen LogP contribution in [0.2, 0.25) is 0 Å². The Morgan fingerprint density at radius 1 is 1.50 bits per heavy atom. The Labute approximate surface area is 117 Å². The molecule has 0 radical (unpaired) electrons. The Balaban J connectivity index is 2.02. The number of nitrogens with zero attached hydrogens (tertiary/aromatic N) is 3. The van der Waals surface area contributed by atoms with Gasteiger partial charge in [0.1, 0.15) is 5.82 Å². The summed E-state index contributed by atoms with van der Waals surface area (Å²) >= 11 is 0. The molecule has 0 aliphatic carbocycles. The van der Waals surface area contributed by atoms with Gasteiger partial charge >= 0.3 is 0 Å². The number of nitrogen functional groups attached to an aromatic ring is 1. The first-order valence-electron chi connectivity index (χ1n) is 6.51. The number of H-pyrrole nitrogens is 1. The zero-order chi connectivity index (χ0) is 14.5. The first-order chi connectivity index (χ1) is 9.61. The van der Waals surface area contributed by atoms with Crippen LogP contribution in [0.4, 0.5) is 5.69 Å². The van der Waals surface area contributed by atoms with Gasteiger partial charge in [-0.3, -0.25) is 9.89 Å². The van der Waals surface area contributed by atoms with Gasteiger partial charge < -0.3 is 11.1 Å². The van der Waals surface area contributed by atoms with Gasteiger partial charge in [0.05, 0.1) is 23.6 Å². The summed E-state index contributed by atoms with van der Waals surface area (Å²) in [6.45, 7) is 4.16. The van der Waals surface area contributed by atoms with E-state index in [0.717, 1.165) is 24.2 Å². The minimum Gasteiger partial charge on any atom is -0.395 e. The van der Waals surface area contributed by atoms with E-state index < -0.39 is 0 Å². The van der Waals surface area contributed by atoms with Crippen LogP contribution in [0.25, 0.3) is 0 Å². The first-order valence-corrected chi connectivity index (χ1v) is 6.51. The van der Waals surface area contributed by atoms with E-state index >= 15 is 0 Å². The number of nitrogens with two attached hydrogens (primary N) is 1. The molecule has 7 nitrogen and oxygen atoms in total. The summed E-state index contributed by atoms with van der Waals surface area (Å²) in [7, 11) is 0. The zero-order valence-corrected chi connectivity index (χ0v) is 11.6. The number of anilines is 1. The van der Waals surface area contributed by atoms with Crippen molar-refractivity contribution in [3.05, 3.63) is 35.2 Å². The Morgan fingerprint density at radius 3 is 3.00 bits per heavy atom. The maximum absolute atomic E-state index is 12.0. The molecule has 1 amide bonds. The number of aromatic nitrogens is 4. The fourth-order valence-corrected chi connectivity index (χ4v) is 1.86. The average Bonchev–Trinajstić information content (AvgIpc) is 2.78. The third-order valence-corrected chi connectivity index (χ3v) is 2.86. The maximum atomic E-state index is 12.0. The van der Waals surface area contributed by atoms with Crippen molar-refractivity contribution in [1.29, 1.82) is 0 Å². The number of amides is 1. The molecule has 0 atom stereocenters. The van der Waals surface area contributed by atoms with Crippen molar-refractivity contribution in [2.45, 2.75) is 33.2 Å². The molecular weight excluding hydrogens is 256 g/mol.